The molecule has 2 fully saturated rings. The first kappa shape index (κ1) is 22.5. The lowest BCUT2D eigenvalue weighted by Crippen LogP contribution is -2.31. The van der Waals surface area contributed by atoms with E-state index in [0.29, 0.717) is 16.7 Å². The summed E-state index contributed by atoms with van der Waals surface area (Å²) >= 11 is 5.11. The van der Waals surface area contributed by atoms with Crippen molar-refractivity contribution < 1.29 is 9.47 Å². The molecule has 0 radical (unpaired) electrons. The van der Waals surface area contributed by atoms with E-state index >= 15 is 0 Å². The van der Waals surface area contributed by atoms with Crippen LogP contribution in [0.1, 0.15) is 51.9 Å². The number of imidazole rings is 1. The third-order valence-corrected chi connectivity index (χ3v) is 9.63. The number of nitrogens with two attached hydrogens (primary N) is 1. The minimum absolute atomic E-state index is 0.247. The Morgan fingerprint density at radius 3 is 2.56 bits per heavy atom. The van der Waals surface area contributed by atoms with Crippen LogP contribution in [0.4, 0.5) is 5.82 Å². The summed E-state index contributed by atoms with van der Waals surface area (Å²) in [6.07, 6.45) is 11.4. The van der Waals surface area contributed by atoms with Crippen molar-refractivity contribution in [1.29, 1.82) is 0 Å². The van der Waals surface area contributed by atoms with Crippen molar-refractivity contribution in [3.63, 3.8) is 0 Å². The van der Waals surface area contributed by atoms with Gasteiger partial charge in [-0.25, -0.2) is 15.0 Å². The number of fused-ring (bicyclic) bond motifs is 4. The highest BCUT2D eigenvalue weighted by Crippen LogP contribution is 2.47. The van der Waals surface area contributed by atoms with E-state index in [2.05, 4.69) is 32.4 Å². The number of halogens is 1. The predicted octanol–water partition coefficient (Wildman–Crippen LogP) is 6.25. The maximum atomic E-state index is 6.18. The van der Waals surface area contributed by atoms with E-state index < -0.39 is 0 Å². The Hall–Kier alpha value is -2.00. The van der Waals surface area contributed by atoms with Crippen molar-refractivity contribution in [2.24, 2.45) is 23.7 Å². The molecule has 5 aliphatic rings. The molecular formula is C25H30BrN5O2S. The van der Waals surface area contributed by atoms with E-state index in [1.54, 1.807) is 0 Å². The minimum Gasteiger partial charge on any atom is -0.454 e. The number of rotatable bonds is 6. The number of nitrogen functional groups attached to an aromatic ring is 1. The van der Waals surface area contributed by atoms with Gasteiger partial charge < -0.3 is 19.8 Å². The predicted molar refractivity (Wildman–Crippen MR) is 135 cm³/mol. The van der Waals surface area contributed by atoms with Gasteiger partial charge in [-0.2, -0.15) is 0 Å². The first-order valence-electron chi connectivity index (χ1n) is 12.3. The second kappa shape index (κ2) is 9.22. The summed E-state index contributed by atoms with van der Waals surface area (Å²) in [5.74, 6) is 6.33. The van der Waals surface area contributed by atoms with Crippen molar-refractivity contribution in [3.8, 4) is 23.0 Å². The fourth-order valence-electron chi connectivity index (χ4n) is 6.24. The van der Waals surface area contributed by atoms with Crippen LogP contribution in [0.2, 0.25) is 0 Å². The smallest absolute Gasteiger partial charge is 0.231 e. The molecule has 2 aliphatic carbocycles. The Morgan fingerprint density at radius 1 is 1.06 bits per heavy atom. The molecule has 1 aromatic carbocycles. The highest BCUT2D eigenvalue weighted by molar-refractivity contribution is 9.10. The molecule has 2 bridgehead atoms. The molecule has 180 valence electrons. The van der Waals surface area contributed by atoms with Crippen LogP contribution in [0.25, 0.3) is 11.5 Å². The summed E-state index contributed by atoms with van der Waals surface area (Å²) in [5, 5.41) is 0.654. The standard InChI is InChI=1S/C25H30BrN5O2S/c1-2-14-5-16-7-15(8-17(6-14)9-16)3-4-31-12-28-23(27)22-24(31)30-25(29-22)34-21-11-20-19(10-18(21)26)32-13-33-20/h10-12,14-17H,2-9,13,27H2,1H3. The lowest BCUT2D eigenvalue weighted by molar-refractivity contribution is 0.0898. The molecule has 3 aliphatic heterocycles. The minimum atomic E-state index is 0.247. The van der Waals surface area contributed by atoms with Gasteiger partial charge in [-0.15, -0.1) is 0 Å². The van der Waals surface area contributed by atoms with Gasteiger partial charge in [0.15, 0.2) is 34.0 Å². The van der Waals surface area contributed by atoms with Crippen LogP contribution in [0.15, 0.2) is 33.0 Å². The summed E-state index contributed by atoms with van der Waals surface area (Å²) in [5.41, 5.74) is 6.85. The molecule has 2 unspecified atom stereocenters. The fourth-order valence-corrected chi connectivity index (χ4v) is 7.59. The molecule has 3 heterocycles. The maximum Gasteiger partial charge on any atom is 0.231 e. The Balaban J connectivity index is 1.18. The molecule has 6 rings (SSSR count). The van der Waals surface area contributed by atoms with Gasteiger partial charge in [-0.3, -0.25) is 0 Å². The normalized spacial score (nSPS) is 25.7. The van der Waals surface area contributed by atoms with E-state index in [0.717, 1.165) is 63.3 Å². The molecule has 0 saturated heterocycles. The van der Waals surface area contributed by atoms with Crippen molar-refractivity contribution >= 4 is 33.5 Å². The average Bonchev–Trinajstić information content (AvgIpc) is 3.45. The molecule has 2 atom stereocenters. The van der Waals surface area contributed by atoms with Gasteiger partial charge in [-0.05, 0) is 102 Å². The summed E-state index contributed by atoms with van der Waals surface area (Å²) in [7, 11) is 0. The van der Waals surface area contributed by atoms with Crippen molar-refractivity contribution in [1.82, 2.24) is 19.5 Å². The van der Waals surface area contributed by atoms with Gasteiger partial charge in [-0.1, -0.05) is 13.3 Å². The van der Waals surface area contributed by atoms with Crippen LogP contribution in [-0.4, -0.2) is 26.3 Å². The van der Waals surface area contributed by atoms with Gasteiger partial charge >= 0.3 is 0 Å². The van der Waals surface area contributed by atoms with Crippen LogP contribution in [0, 0.1) is 23.7 Å². The molecule has 34 heavy (non-hydrogen) atoms. The van der Waals surface area contributed by atoms with Gasteiger partial charge in [0.25, 0.3) is 0 Å². The zero-order valence-electron chi connectivity index (χ0n) is 19.4. The third kappa shape index (κ3) is 4.37. The summed E-state index contributed by atoms with van der Waals surface area (Å²) in [4.78, 5) is 14.9. The molecule has 0 spiro atoms. The number of anilines is 1. The highest BCUT2D eigenvalue weighted by Gasteiger charge is 2.35. The van der Waals surface area contributed by atoms with E-state index in [1.807, 2.05) is 18.5 Å². The molecular weight excluding hydrogens is 514 g/mol. The zero-order chi connectivity index (χ0) is 23.2. The average molecular weight is 545 g/mol. The zero-order valence-corrected chi connectivity index (χ0v) is 21.8. The van der Waals surface area contributed by atoms with Crippen LogP contribution in [0.5, 0.6) is 11.5 Å². The lowest BCUT2D eigenvalue weighted by atomic mass is 9.63. The number of hydrogen-bond donors (Lipinski definition) is 1. The largest absolute Gasteiger partial charge is 0.454 e. The van der Waals surface area contributed by atoms with Crippen LogP contribution in [0.3, 0.4) is 0 Å². The van der Waals surface area contributed by atoms with E-state index in [9.17, 15) is 0 Å². The quantitative estimate of drug-likeness (QED) is 0.393. The molecule has 2 N–H and O–H groups in total. The van der Waals surface area contributed by atoms with E-state index in [4.69, 9.17) is 25.2 Å². The molecule has 1 aromatic rings. The summed E-state index contributed by atoms with van der Waals surface area (Å²) < 4.78 is 14.0. The van der Waals surface area contributed by atoms with Crippen molar-refractivity contribution in [2.45, 2.75) is 68.5 Å². The lowest BCUT2D eigenvalue weighted by Gasteiger charge is -2.42. The highest BCUT2D eigenvalue weighted by atomic mass is 79.9. The van der Waals surface area contributed by atoms with Crippen LogP contribution < -0.4 is 15.2 Å². The molecule has 9 heteroatoms. The molecule has 0 amide bonds. The molecule has 2 saturated carbocycles. The summed E-state index contributed by atoms with van der Waals surface area (Å²) in [6, 6.07) is 3.88. The number of benzene rings is 1. The Kier molecular flexibility index (Phi) is 6.09. The van der Waals surface area contributed by atoms with Gasteiger partial charge in [0.05, 0.1) is 6.33 Å². The van der Waals surface area contributed by atoms with Gasteiger partial charge in [0.2, 0.25) is 6.79 Å². The van der Waals surface area contributed by atoms with E-state index in [-0.39, 0.29) is 6.79 Å². The van der Waals surface area contributed by atoms with Gasteiger partial charge in [0.1, 0.15) is 0 Å². The molecule has 7 nitrogen and oxygen atoms in total. The second-order valence-electron chi connectivity index (χ2n) is 10.1. The first-order valence-corrected chi connectivity index (χ1v) is 13.9. The van der Waals surface area contributed by atoms with Crippen LogP contribution >= 0.6 is 27.7 Å². The second-order valence-corrected chi connectivity index (χ2v) is 11.9. The number of ether oxygens (including phenoxy) is 2. The Morgan fingerprint density at radius 2 is 1.79 bits per heavy atom. The van der Waals surface area contributed by atoms with Gasteiger partial charge in [0, 0.05) is 15.9 Å². The third-order valence-electron chi connectivity index (χ3n) is 7.79. The monoisotopic (exact) mass is 543 g/mol. The van der Waals surface area contributed by atoms with Crippen molar-refractivity contribution in [3.05, 3.63) is 22.9 Å². The van der Waals surface area contributed by atoms with E-state index in [1.165, 1.54) is 50.3 Å². The number of hydrogen-bond acceptors (Lipinski definition) is 7. The van der Waals surface area contributed by atoms with Crippen LogP contribution in [-0.2, 0) is 6.54 Å². The Bertz CT molecular complexity index is 1160. The topological polar surface area (TPSA) is 88.1 Å². The molecule has 0 aromatic heterocycles. The maximum absolute atomic E-state index is 6.18. The SMILES string of the molecule is CCC1CC2CC(CCn3cnc(N)c4nc(Sc5cc6c(cc5Br)OCO6)nc3-4)CC(C1)C2. The summed E-state index contributed by atoms with van der Waals surface area (Å²) in [6.45, 7) is 3.51. The van der Waals surface area contributed by atoms with Crippen molar-refractivity contribution in [2.75, 3.05) is 12.5 Å². The fraction of sp³-hybridized carbons (Fsp3) is 0.560. The Labute approximate surface area is 212 Å². The number of aromatic nitrogens is 4. The number of nitrogens with zero attached hydrogens (tertiary/aromatic N) is 4. The first-order chi connectivity index (χ1) is 16.6. The number of aryl methyl sites for hydroxylation is 1.